The fraction of sp³-hybridized carbons (Fsp3) is 0.214. The molecule has 9 heteroatoms. The zero-order valence-corrected chi connectivity index (χ0v) is 20.0. The molecule has 0 radical (unpaired) electrons. The molecule has 0 fully saturated rings. The fourth-order valence-corrected chi connectivity index (χ4v) is 4.41. The molecule has 0 amide bonds. The number of benzene rings is 3. The zero-order chi connectivity index (χ0) is 25.4. The van der Waals surface area contributed by atoms with E-state index in [4.69, 9.17) is 28.1 Å². The number of rotatable bonds is 6. The van der Waals surface area contributed by atoms with E-state index in [0.717, 1.165) is 22.6 Å². The van der Waals surface area contributed by atoms with Crippen molar-refractivity contribution < 1.29 is 32.9 Å². The first-order valence-corrected chi connectivity index (χ1v) is 11.8. The minimum Gasteiger partial charge on any atom is -0.478 e. The average molecular weight is 501 g/mol. The lowest BCUT2D eigenvalue weighted by atomic mass is 10.1. The summed E-state index contributed by atoms with van der Waals surface area (Å²) in [4.78, 5) is 27.2. The maximum absolute atomic E-state index is 13.2. The monoisotopic (exact) mass is 501 g/mol. The van der Waals surface area contributed by atoms with Crippen LogP contribution < -0.4 is 24.4 Å². The first-order chi connectivity index (χ1) is 18.1. The quantitative estimate of drug-likeness (QED) is 0.344. The largest absolute Gasteiger partial charge is 0.478 e. The van der Waals surface area contributed by atoms with E-state index in [1.54, 1.807) is 43.3 Å². The van der Waals surface area contributed by atoms with Crippen LogP contribution in [0.25, 0.3) is 11.0 Å². The summed E-state index contributed by atoms with van der Waals surface area (Å²) in [6, 6.07) is 15.7. The number of ether oxygens (including phenoxy) is 5. The third-order valence-corrected chi connectivity index (χ3v) is 6.19. The summed E-state index contributed by atoms with van der Waals surface area (Å²) >= 11 is 0. The highest BCUT2D eigenvalue weighted by molar-refractivity contribution is 5.89. The molecule has 37 heavy (non-hydrogen) atoms. The molecule has 3 aromatic carbocycles. The smallest absolute Gasteiger partial charge is 0.338 e. The van der Waals surface area contributed by atoms with Crippen LogP contribution in [0.4, 0.5) is 0 Å². The van der Waals surface area contributed by atoms with Crippen LogP contribution in [0.15, 0.2) is 70.1 Å². The second-order valence-corrected chi connectivity index (χ2v) is 8.64. The van der Waals surface area contributed by atoms with Crippen molar-refractivity contribution >= 4 is 16.9 Å². The molecule has 9 nitrogen and oxygen atoms in total. The van der Waals surface area contributed by atoms with E-state index in [1.807, 2.05) is 18.2 Å². The molecule has 2 aliphatic heterocycles. The Morgan fingerprint density at radius 1 is 0.973 bits per heavy atom. The van der Waals surface area contributed by atoms with E-state index in [-0.39, 0.29) is 18.0 Å². The van der Waals surface area contributed by atoms with E-state index in [9.17, 15) is 9.59 Å². The Morgan fingerprint density at radius 3 is 2.62 bits per heavy atom. The van der Waals surface area contributed by atoms with Gasteiger partial charge in [0.05, 0.1) is 23.1 Å². The minimum absolute atomic E-state index is 0.0466. The highest BCUT2D eigenvalue weighted by atomic mass is 16.7. The van der Waals surface area contributed by atoms with Crippen LogP contribution in [0, 0.1) is 0 Å². The molecule has 2 aliphatic rings. The highest BCUT2D eigenvalue weighted by Crippen LogP contribution is 2.35. The van der Waals surface area contributed by atoms with Crippen molar-refractivity contribution in [2.75, 3.05) is 20.1 Å². The molecular formula is C28H23NO8. The Balaban J connectivity index is 1.23. The first kappa shape index (κ1) is 22.9. The molecule has 0 N–H and O–H groups in total. The van der Waals surface area contributed by atoms with Crippen LogP contribution in [-0.4, -0.2) is 31.0 Å². The van der Waals surface area contributed by atoms with Crippen LogP contribution in [0.2, 0.25) is 0 Å². The normalized spacial score (nSPS) is 14.2. The zero-order valence-electron chi connectivity index (χ0n) is 20.0. The van der Waals surface area contributed by atoms with Crippen LogP contribution >= 0.6 is 0 Å². The van der Waals surface area contributed by atoms with E-state index < -0.39 is 5.97 Å². The lowest BCUT2D eigenvalue weighted by molar-refractivity contribution is 0.0526. The van der Waals surface area contributed by atoms with Gasteiger partial charge in [0.1, 0.15) is 30.1 Å². The molecule has 4 aromatic rings. The SMILES string of the molecule is CCOC(=O)c1ccc(Oc2coc3c4c(ccc3c2=O)OCN(Cc2ccc3c(c2)OCO3)C4)cc1. The van der Waals surface area contributed by atoms with Gasteiger partial charge in [0.25, 0.3) is 0 Å². The van der Waals surface area contributed by atoms with Crippen molar-refractivity contribution in [1.82, 2.24) is 4.90 Å². The summed E-state index contributed by atoms with van der Waals surface area (Å²) in [6.07, 6.45) is 1.31. The number of fused-ring (bicyclic) bond motifs is 4. The Morgan fingerprint density at radius 2 is 1.78 bits per heavy atom. The molecule has 0 atom stereocenters. The highest BCUT2D eigenvalue weighted by Gasteiger charge is 2.24. The second kappa shape index (κ2) is 9.51. The summed E-state index contributed by atoms with van der Waals surface area (Å²) in [5.41, 5.74) is 2.42. The van der Waals surface area contributed by atoms with Crippen molar-refractivity contribution in [2.24, 2.45) is 0 Å². The van der Waals surface area contributed by atoms with Crippen LogP contribution in [-0.2, 0) is 17.8 Å². The fourth-order valence-electron chi connectivity index (χ4n) is 4.41. The van der Waals surface area contributed by atoms with Gasteiger partial charge >= 0.3 is 5.97 Å². The molecule has 3 heterocycles. The van der Waals surface area contributed by atoms with Crippen molar-refractivity contribution in [2.45, 2.75) is 20.0 Å². The molecule has 1 aromatic heterocycles. The number of nitrogens with zero attached hydrogens (tertiary/aromatic N) is 1. The van der Waals surface area contributed by atoms with Crippen molar-refractivity contribution in [3.05, 3.63) is 87.8 Å². The van der Waals surface area contributed by atoms with Gasteiger partial charge in [0.2, 0.25) is 18.0 Å². The number of hydrogen-bond donors (Lipinski definition) is 0. The predicted octanol–water partition coefficient (Wildman–Crippen LogP) is 4.84. The average Bonchev–Trinajstić information content (AvgIpc) is 3.39. The van der Waals surface area contributed by atoms with E-state index in [2.05, 4.69) is 4.90 Å². The van der Waals surface area contributed by atoms with Crippen molar-refractivity contribution in [1.29, 1.82) is 0 Å². The molecule has 0 unspecified atom stereocenters. The summed E-state index contributed by atoms with van der Waals surface area (Å²) in [7, 11) is 0. The van der Waals surface area contributed by atoms with Crippen LogP contribution in [0.1, 0.15) is 28.4 Å². The van der Waals surface area contributed by atoms with E-state index in [0.29, 0.717) is 54.5 Å². The maximum atomic E-state index is 13.2. The summed E-state index contributed by atoms with van der Waals surface area (Å²) < 4.78 is 33.5. The van der Waals surface area contributed by atoms with E-state index in [1.165, 1.54) is 6.26 Å². The van der Waals surface area contributed by atoms with Gasteiger partial charge in [0, 0.05) is 13.1 Å². The van der Waals surface area contributed by atoms with Gasteiger partial charge in [-0.1, -0.05) is 6.07 Å². The topological polar surface area (TPSA) is 96.7 Å². The standard InChI is InChI=1S/C28H23NO8/c1-2-32-28(31)18-4-6-19(7-5-18)37-25-14-33-27-20(26(25)30)8-10-22-21(27)13-29(15-34-22)12-17-3-9-23-24(11-17)36-16-35-23/h3-11,14H,2,12-13,15-16H2,1H3. The first-order valence-electron chi connectivity index (χ1n) is 11.8. The Kier molecular flexibility index (Phi) is 5.90. The van der Waals surface area contributed by atoms with Crippen molar-refractivity contribution in [3.63, 3.8) is 0 Å². The van der Waals surface area contributed by atoms with Gasteiger partial charge in [-0.15, -0.1) is 0 Å². The number of hydrogen-bond acceptors (Lipinski definition) is 9. The summed E-state index contributed by atoms with van der Waals surface area (Å²) in [5, 5.41) is 0.396. The molecule has 0 aliphatic carbocycles. The third-order valence-electron chi connectivity index (χ3n) is 6.19. The van der Waals surface area contributed by atoms with Gasteiger partial charge in [-0.3, -0.25) is 9.69 Å². The Hall–Kier alpha value is -4.50. The minimum atomic E-state index is -0.418. The maximum Gasteiger partial charge on any atom is 0.338 e. The molecule has 0 saturated carbocycles. The summed E-state index contributed by atoms with van der Waals surface area (Å²) in [5.74, 6) is 2.18. The van der Waals surface area contributed by atoms with Gasteiger partial charge in [0.15, 0.2) is 11.5 Å². The predicted molar refractivity (Wildman–Crippen MR) is 132 cm³/mol. The second-order valence-electron chi connectivity index (χ2n) is 8.64. The summed E-state index contributed by atoms with van der Waals surface area (Å²) in [6.45, 7) is 3.84. The van der Waals surface area contributed by atoms with Gasteiger partial charge in [-0.05, 0) is 61.0 Å². The molecule has 6 rings (SSSR count). The lowest BCUT2D eigenvalue weighted by Crippen LogP contribution is -2.31. The number of esters is 1. The van der Waals surface area contributed by atoms with Crippen LogP contribution in [0.3, 0.4) is 0 Å². The molecule has 188 valence electrons. The van der Waals surface area contributed by atoms with E-state index >= 15 is 0 Å². The van der Waals surface area contributed by atoms with Crippen molar-refractivity contribution in [3.8, 4) is 28.7 Å². The molecule has 0 spiro atoms. The van der Waals surface area contributed by atoms with Gasteiger partial charge < -0.3 is 28.1 Å². The third kappa shape index (κ3) is 4.45. The molecule has 0 bridgehead atoms. The van der Waals surface area contributed by atoms with Gasteiger partial charge in [-0.25, -0.2) is 4.79 Å². The molecular weight excluding hydrogens is 478 g/mol. The molecule has 0 saturated heterocycles. The Bertz CT molecular complexity index is 1540. The number of carbonyl (C=O) groups excluding carboxylic acids is 1. The van der Waals surface area contributed by atoms with Gasteiger partial charge in [-0.2, -0.15) is 0 Å². The van der Waals surface area contributed by atoms with Crippen LogP contribution in [0.5, 0.6) is 28.7 Å². The lowest BCUT2D eigenvalue weighted by Gasteiger charge is -2.29. The Labute approximate surface area is 211 Å². The number of carbonyl (C=O) groups is 1.